The molecule has 1 fully saturated rings. The quantitative estimate of drug-likeness (QED) is 0.593. The average Bonchev–Trinajstić information content (AvgIpc) is 2.59. The number of halogens is 1. The fourth-order valence-corrected chi connectivity index (χ4v) is 2.47. The van der Waals surface area contributed by atoms with Gasteiger partial charge in [0.25, 0.3) is 0 Å². The Balaban J connectivity index is 2.43. The van der Waals surface area contributed by atoms with Gasteiger partial charge in [0.2, 0.25) is 0 Å². The molecule has 8 heteroatoms. The summed E-state index contributed by atoms with van der Waals surface area (Å²) in [5, 5.41) is 18.8. The van der Waals surface area contributed by atoms with Crippen LogP contribution in [0.3, 0.4) is 0 Å². The van der Waals surface area contributed by atoms with E-state index in [1.54, 1.807) is 6.92 Å². The minimum Gasteiger partial charge on any atom is -0.394 e. The lowest BCUT2D eigenvalue weighted by atomic mass is 10.1. The van der Waals surface area contributed by atoms with Crippen molar-refractivity contribution in [3.63, 3.8) is 0 Å². The zero-order valence-corrected chi connectivity index (χ0v) is 11.9. The normalized spacial score (nSPS) is 31.8. The number of rotatable bonds is 2. The Morgan fingerprint density at radius 2 is 2.44 bits per heavy atom. The molecule has 1 aromatic heterocycles. The summed E-state index contributed by atoms with van der Waals surface area (Å²) >= 11 is 1.96. The Morgan fingerprint density at radius 1 is 1.78 bits per heavy atom. The first kappa shape index (κ1) is 13.7. The van der Waals surface area contributed by atoms with E-state index in [9.17, 15) is 9.90 Å². The molecule has 100 valence electrons. The smallest absolute Gasteiger partial charge is 0.351 e. The molecular weight excluding hydrogens is 353 g/mol. The zero-order valence-electron chi connectivity index (χ0n) is 9.71. The van der Waals surface area contributed by atoms with E-state index >= 15 is 0 Å². The van der Waals surface area contributed by atoms with Gasteiger partial charge in [0.15, 0.2) is 0 Å². The molecule has 3 atom stereocenters. The summed E-state index contributed by atoms with van der Waals surface area (Å²) in [5.41, 5.74) is 3.99. The third kappa shape index (κ3) is 2.25. The van der Waals surface area contributed by atoms with Crippen LogP contribution in [0, 0.1) is 3.57 Å². The fourth-order valence-electron chi connectivity index (χ4n) is 2.07. The van der Waals surface area contributed by atoms with Gasteiger partial charge in [0.05, 0.1) is 16.3 Å². The number of nitrogens with two attached hydrogens (primary N) is 1. The van der Waals surface area contributed by atoms with E-state index < -0.39 is 23.6 Å². The molecule has 0 spiro atoms. The van der Waals surface area contributed by atoms with Crippen LogP contribution in [0.15, 0.2) is 11.0 Å². The van der Waals surface area contributed by atoms with Gasteiger partial charge in [-0.05, 0) is 29.5 Å². The highest BCUT2D eigenvalue weighted by Gasteiger charge is 2.44. The minimum atomic E-state index is -1.02. The van der Waals surface area contributed by atoms with E-state index in [0.717, 1.165) is 0 Å². The molecule has 1 aliphatic rings. The molecule has 0 unspecified atom stereocenters. The highest BCUT2D eigenvalue weighted by atomic mass is 127. The van der Waals surface area contributed by atoms with Crippen LogP contribution in [0.25, 0.3) is 0 Å². The third-order valence-corrected chi connectivity index (χ3v) is 3.85. The zero-order chi connectivity index (χ0) is 13.5. The summed E-state index contributed by atoms with van der Waals surface area (Å²) in [5.74, 6) is 0.165. The summed E-state index contributed by atoms with van der Waals surface area (Å²) in [6.45, 7) is 1.37. The van der Waals surface area contributed by atoms with Crippen molar-refractivity contribution >= 4 is 28.4 Å². The molecule has 18 heavy (non-hydrogen) atoms. The van der Waals surface area contributed by atoms with Gasteiger partial charge >= 0.3 is 5.69 Å². The van der Waals surface area contributed by atoms with E-state index in [-0.39, 0.29) is 18.8 Å². The van der Waals surface area contributed by atoms with Crippen molar-refractivity contribution < 1.29 is 14.9 Å². The fraction of sp³-hybridized carbons (Fsp3) is 0.600. The summed E-state index contributed by atoms with van der Waals surface area (Å²) in [4.78, 5) is 15.5. The number of hydrogen-bond acceptors (Lipinski definition) is 6. The monoisotopic (exact) mass is 367 g/mol. The first-order chi connectivity index (χ1) is 8.37. The van der Waals surface area contributed by atoms with E-state index in [4.69, 9.17) is 15.6 Å². The Labute approximate surface area is 117 Å². The maximum Gasteiger partial charge on any atom is 0.351 e. The van der Waals surface area contributed by atoms with Crippen molar-refractivity contribution in [1.29, 1.82) is 0 Å². The van der Waals surface area contributed by atoms with Crippen LogP contribution in [0.4, 0.5) is 5.82 Å². The van der Waals surface area contributed by atoms with Gasteiger partial charge in [0, 0.05) is 12.6 Å². The molecule has 1 aromatic rings. The second-order valence-corrected chi connectivity index (χ2v) is 5.57. The molecule has 1 saturated heterocycles. The third-order valence-electron chi connectivity index (χ3n) is 3.02. The van der Waals surface area contributed by atoms with Crippen molar-refractivity contribution in [3.8, 4) is 0 Å². The summed E-state index contributed by atoms with van der Waals surface area (Å²) in [7, 11) is 0. The van der Waals surface area contributed by atoms with Crippen LogP contribution in [-0.4, -0.2) is 38.6 Å². The van der Waals surface area contributed by atoms with Crippen LogP contribution in [0.5, 0.6) is 0 Å². The molecule has 1 aliphatic heterocycles. The molecule has 0 aliphatic carbocycles. The number of aliphatic hydroxyl groups is 2. The lowest BCUT2D eigenvalue weighted by Crippen LogP contribution is -2.40. The van der Waals surface area contributed by atoms with Crippen molar-refractivity contribution in [2.75, 3.05) is 12.3 Å². The number of nitrogens with zero attached hydrogens (tertiary/aromatic N) is 2. The van der Waals surface area contributed by atoms with Gasteiger partial charge in [0.1, 0.15) is 17.6 Å². The summed E-state index contributed by atoms with van der Waals surface area (Å²) in [6, 6.07) is 0. The van der Waals surface area contributed by atoms with Crippen molar-refractivity contribution in [2.24, 2.45) is 0 Å². The lowest BCUT2D eigenvalue weighted by Gasteiger charge is -2.26. The second-order valence-electron chi connectivity index (χ2n) is 4.41. The van der Waals surface area contributed by atoms with Crippen LogP contribution in [0.2, 0.25) is 0 Å². The number of anilines is 1. The molecule has 4 N–H and O–H groups in total. The first-order valence-electron chi connectivity index (χ1n) is 5.39. The van der Waals surface area contributed by atoms with Crippen molar-refractivity contribution in [3.05, 3.63) is 20.3 Å². The van der Waals surface area contributed by atoms with Gasteiger partial charge in [-0.2, -0.15) is 4.98 Å². The number of ether oxygens (including phenoxy) is 1. The number of aliphatic hydroxyl groups excluding tert-OH is 2. The largest absolute Gasteiger partial charge is 0.394 e. The minimum absolute atomic E-state index is 0.165. The van der Waals surface area contributed by atoms with E-state index in [1.165, 1.54) is 10.8 Å². The van der Waals surface area contributed by atoms with Crippen LogP contribution < -0.4 is 11.4 Å². The van der Waals surface area contributed by atoms with Crippen molar-refractivity contribution in [2.45, 2.75) is 31.3 Å². The predicted octanol–water partition coefficient (Wildman–Crippen LogP) is -0.755. The molecule has 2 heterocycles. The first-order valence-corrected chi connectivity index (χ1v) is 6.47. The van der Waals surface area contributed by atoms with Gasteiger partial charge in [-0.25, -0.2) is 4.79 Å². The Morgan fingerprint density at radius 3 is 3.00 bits per heavy atom. The standard InChI is InChI=1S/C10H14IN3O4/c1-10(2-6(16)7(4-15)18-10)14-3-5(11)8(12)13-9(14)17/h3,6-7,15-16H,2,4H2,1H3,(H2,12,13,17)/t6-,7+,10+/m0/s1. The molecule has 0 aromatic carbocycles. The Hall–Kier alpha value is -0.710. The predicted molar refractivity (Wildman–Crippen MR) is 71.9 cm³/mol. The van der Waals surface area contributed by atoms with Gasteiger partial charge in [-0.1, -0.05) is 0 Å². The topological polar surface area (TPSA) is 111 Å². The molecule has 0 bridgehead atoms. The van der Waals surface area contributed by atoms with Crippen LogP contribution in [-0.2, 0) is 10.5 Å². The summed E-state index contributed by atoms with van der Waals surface area (Å²) < 4.78 is 7.47. The lowest BCUT2D eigenvalue weighted by molar-refractivity contribution is -0.107. The average molecular weight is 367 g/mol. The van der Waals surface area contributed by atoms with Gasteiger partial charge in [-0.3, -0.25) is 4.57 Å². The molecule has 2 rings (SSSR count). The Kier molecular flexibility index (Phi) is 3.63. The molecule has 0 amide bonds. The SMILES string of the molecule is C[C@]1(n2cc(I)c(N)nc2=O)C[C@H](O)[C@@H](CO)O1. The number of hydrogen-bond donors (Lipinski definition) is 3. The van der Waals surface area contributed by atoms with Gasteiger partial charge < -0.3 is 20.7 Å². The van der Waals surface area contributed by atoms with Crippen LogP contribution in [0.1, 0.15) is 13.3 Å². The molecule has 0 radical (unpaired) electrons. The highest BCUT2D eigenvalue weighted by Crippen LogP contribution is 2.34. The van der Waals surface area contributed by atoms with E-state index in [0.29, 0.717) is 3.57 Å². The van der Waals surface area contributed by atoms with Crippen LogP contribution >= 0.6 is 22.6 Å². The molecule has 0 saturated carbocycles. The van der Waals surface area contributed by atoms with Crippen molar-refractivity contribution in [1.82, 2.24) is 9.55 Å². The number of nitrogen functional groups attached to an aromatic ring is 1. The van der Waals surface area contributed by atoms with E-state index in [2.05, 4.69) is 4.98 Å². The molecule has 7 nitrogen and oxygen atoms in total. The highest BCUT2D eigenvalue weighted by molar-refractivity contribution is 14.1. The number of aromatic nitrogens is 2. The summed E-state index contributed by atoms with van der Waals surface area (Å²) in [6.07, 6.45) is 0.233. The van der Waals surface area contributed by atoms with Gasteiger partial charge in [-0.15, -0.1) is 0 Å². The Bertz CT molecular complexity index is 520. The van der Waals surface area contributed by atoms with E-state index in [1.807, 2.05) is 22.6 Å². The second kappa shape index (κ2) is 4.76. The maximum atomic E-state index is 11.8. The maximum absolute atomic E-state index is 11.8. The molecular formula is C10H14IN3O4.